The van der Waals surface area contributed by atoms with Crippen LogP contribution in [0.25, 0.3) is 11.1 Å². The van der Waals surface area contributed by atoms with Crippen LogP contribution in [0.2, 0.25) is 0 Å². The van der Waals surface area contributed by atoms with E-state index in [4.69, 9.17) is 4.74 Å². The molecule has 3 rings (SSSR count). The van der Waals surface area contributed by atoms with Gasteiger partial charge in [0.15, 0.2) is 15.9 Å². The molecule has 6 nitrogen and oxygen atoms in total. The lowest BCUT2D eigenvalue weighted by atomic mass is 10.0. The summed E-state index contributed by atoms with van der Waals surface area (Å²) >= 11 is 0. The number of esters is 1. The molecule has 1 heterocycles. The molecule has 0 unspecified atom stereocenters. The van der Waals surface area contributed by atoms with Crippen molar-refractivity contribution in [3.8, 4) is 11.1 Å². The summed E-state index contributed by atoms with van der Waals surface area (Å²) in [6.07, 6.45) is -0.505. The number of benzene rings is 2. The lowest BCUT2D eigenvalue weighted by molar-refractivity contribution is -0.153. The minimum atomic E-state index is -3.04. The molecule has 0 aliphatic carbocycles. The van der Waals surface area contributed by atoms with Gasteiger partial charge in [-0.1, -0.05) is 48.5 Å². The monoisotopic (exact) mass is 401 g/mol. The Hall–Kier alpha value is -2.67. The Morgan fingerprint density at radius 1 is 1.11 bits per heavy atom. The smallest absolute Gasteiger partial charge is 0.306 e. The van der Waals surface area contributed by atoms with Crippen LogP contribution in [0.15, 0.2) is 54.6 Å². The predicted octanol–water partition coefficient (Wildman–Crippen LogP) is 3.05. The standard InChI is InChI=1S/C21H23NO5S/c1-15(27-20(23)13-16-11-12-28(25,26)14-16)21(24)22-19-10-6-5-9-18(19)17-7-3-2-4-8-17/h2-10,15-16H,11-14H2,1H3,(H,22,24)/t15-,16-/m0/s1. The molecule has 0 aromatic heterocycles. The third-order valence-corrected chi connectivity index (χ3v) is 6.57. The van der Waals surface area contributed by atoms with Crippen LogP contribution in [-0.4, -0.2) is 37.9 Å². The van der Waals surface area contributed by atoms with E-state index in [2.05, 4.69) is 5.32 Å². The van der Waals surface area contributed by atoms with Crippen molar-refractivity contribution >= 4 is 27.4 Å². The van der Waals surface area contributed by atoms with E-state index in [1.54, 1.807) is 6.07 Å². The fourth-order valence-corrected chi connectivity index (χ4v) is 5.13. The highest BCUT2D eigenvalue weighted by atomic mass is 32.2. The first-order valence-electron chi connectivity index (χ1n) is 9.19. The van der Waals surface area contributed by atoms with Crippen molar-refractivity contribution in [3.05, 3.63) is 54.6 Å². The molecular formula is C21H23NO5S. The van der Waals surface area contributed by atoms with Crippen molar-refractivity contribution in [1.82, 2.24) is 0 Å². The number of para-hydroxylation sites is 1. The van der Waals surface area contributed by atoms with E-state index >= 15 is 0 Å². The van der Waals surface area contributed by atoms with E-state index in [0.717, 1.165) is 11.1 Å². The molecule has 1 amide bonds. The summed E-state index contributed by atoms with van der Waals surface area (Å²) in [4.78, 5) is 24.6. The quantitative estimate of drug-likeness (QED) is 0.752. The van der Waals surface area contributed by atoms with Gasteiger partial charge in [-0.2, -0.15) is 0 Å². The molecular weight excluding hydrogens is 378 g/mol. The maximum atomic E-state index is 12.5. The highest BCUT2D eigenvalue weighted by molar-refractivity contribution is 7.91. The maximum absolute atomic E-state index is 12.5. The van der Waals surface area contributed by atoms with Gasteiger partial charge in [0.05, 0.1) is 11.5 Å². The SMILES string of the molecule is C[C@H](OC(=O)C[C@@H]1CCS(=O)(=O)C1)C(=O)Nc1ccccc1-c1ccccc1. The van der Waals surface area contributed by atoms with Gasteiger partial charge >= 0.3 is 5.97 Å². The van der Waals surface area contributed by atoms with Crippen molar-refractivity contribution in [1.29, 1.82) is 0 Å². The summed E-state index contributed by atoms with van der Waals surface area (Å²) in [5.74, 6) is -1.10. The number of carbonyl (C=O) groups excluding carboxylic acids is 2. The number of nitrogens with one attached hydrogen (secondary N) is 1. The Bertz CT molecular complexity index is 956. The van der Waals surface area contributed by atoms with Gasteiger partial charge in [0.1, 0.15) is 0 Å². The Labute approximate surface area is 164 Å². The van der Waals surface area contributed by atoms with Crippen LogP contribution in [-0.2, 0) is 24.2 Å². The second-order valence-corrected chi connectivity index (χ2v) is 9.23. The van der Waals surface area contributed by atoms with E-state index < -0.39 is 27.8 Å². The van der Waals surface area contributed by atoms with Gasteiger partial charge in [-0.15, -0.1) is 0 Å². The molecule has 0 radical (unpaired) electrons. The van der Waals surface area contributed by atoms with Gasteiger partial charge in [0.25, 0.3) is 5.91 Å². The molecule has 2 atom stereocenters. The van der Waals surface area contributed by atoms with Crippen molar-refractivity contribution in [2.45, 2.75) is 25.9 Å². The third-order valence-electron chi connectivity index (χ3n) is 4.73. The minimum Gasteiger partial charge on any atom is -0.453 e. The molecule has 1 saturated heterocycles. The molecule has 2 aromatic rings. The Morgan fingerprint density at radius 2 is 1.79 bits per heavy atom. The van der Waals surface area contributed by atoms with Gasteiger partial charge in [0.2, 0.25) is 0 Å². The molecule has 7 heteroatoms. The van der Waals surface area contributed by atoms with Gasteiger partial charge in [0, 0.05) is 17.7 Å². The summed E-state index contributed by atoms with van der Waals surface area (Å²) < 4.78 is 28.2. The van der Waals surface area contributed by atoms with Crippen LogP contribution in [0.5, 0.6) is 0 Å². The highest BCUT2D eigenvalue weighted by Gasteiger charge is 2.30. The van der Waals surface area contributed by atoms with E-state index in [0.29, 0.717) is 12.1 Å². The minimum absolute atomic E-state index is 0.00707. The highest BCUT2D eigenvalue weighted by Crippen LogP contribution is 2.28. The average molecular weight is 401 g/mol. The van der Waals surface area contributed by atoms with E-state index in [1.165, 1.54) is 6.92 Å². The van der Waals surface area contributed by atoms with Crippen molar-refractivity contribution < 1.29 is 22.7 Å². The van der Waals surface area contributed by atoms with Crippen LogP contribution in [0.4, 0.5) is 5.69 Å². The number of sulfone groups is 1. The molecule has 148 valence electrons. The molecule has 1 fully saturated rings. The largest absolute Gasteiger partial charge is 0.453 e. The van der Waals surface area contributed by atoms with Gasteiger partial charge in [-0.05, 0) is 30.9 Å². The second-order valence-electron chi connectivity index (χ2n) is 7.01. The van der Waals surface area contributed by atoms with E-state index in [1.807, 2.05) is 48.5 Å². The van der Waals surface area contributed by atoms with E-state index in [9.17, 15) is 18.0 Å². The van der Waals surface area contributed by atoms with Crippen LogP contribution < -0.4 is 5.32 Å². The number of hydrogen-bond acceptors (Lipinski definition) is 5. The van der Waals surface area contributed by atoms with Crippen molar-refractivity contribution in [3.63, 3.8) is 0 Å². The number of carbonyl (C=O) groups is 2. The van der Waals surface area contributed by atoms with E-state index in [-0.39, 0.29) is 23.8 Å². The first kappa shape index (κ1) is 20.1. The molecule has 0 bridgehead atoms. The normalized spacial score (nSPS) is 19.0. The molecule has 0 saturated carbocycles. The third kappa shape index (κ3) is 5.19. The number of hydrogen-bond donors (Lipinski definition) is 1. The fourth-order valence-electron chi connectivity index (χ4n) is 3.26. The number of anilines is 1. The molecule has 0 spiro atoms. The maximum Gasteiger partial charge on any atom is 0.306 e. The predicted molar refractivity (Wildman–Crippen MR) is 107 cm³/mol. The summed E-state index contributed by atoms with van der Waals surface area (Å²) in [6.45, 7) is 1.50. The van der Waals surface area contributed by atoms with Crippen LogP contribution in [0.3, 0.4) is 0 Å². The Morgan fingerprint density at radius 3 is 2.46 bits per heavy atom. The van der Waals surface area contributed by atoms with Gasteiger partial charge in [-0.3, -0.25) is 9.59 Å². The summed E-state index contributed by atoms with van der Waals surface area (Å²) in [7, 11) is -3.04. The number of ether oxygens (including phenoxy) is 1. The number of amides is 1. The van der Waals surface area contributed by atoms with Crippen LogP contribution >= 0.6 is 0 Å². The average Bonchev–Trinajstić information content (AvgIpc) is 3.01. The molecule has 1 aliphatic rings. The zero-order valence-corrected chi connectivity index (χ0v) is 16.4. The summed E-state index contributed by atoms with van der Waals surface area (Å²) in [6, 6.07) is 17.1. The molecule has 2 aromatic carbocycles. The molecule has 28 heavy (non-hydrogen) atoms. The number of rotatable bonds is 6. The Kier molecular flexibility index (Phi) is 6.14. The van der Waals surface area contributed by atoms with Crippen LogP contribution in [0, 0.1) is 5.92 Å². The summed E-state index contributed by atoms with van der Waals surface area (Å²) in [5.41, 5.74) is 2.46. The zero-order valence-electron chi connectivity index (χ0n) is 15.6. The van der Waals surface area contributed by atoms with Crippen molar-refractivity contribution in [2.75, 3.05) is 16.8 Å². The molecule has 1 aliphatic heterocycles. The fraction of sp³-hybridized carbons (Fsp3) is 0.333. The van der Waals surface area contributed by atoms with Crippen LogP contribution in [0.1, 0.15) is 19.8 Å². The van der Waals surface area contributed by atoms with Gasteiger partial charge in [-0.25, -0.2) is 8.42 Å². The summed E-state index contributed by atoms with van der Waals surface area (Å²) in [5, 5.41) is 2.81. The van der Waals surface area contributed by atoms with Gasteiger partial charge < -0.3 is 10.1 Å². The van der Waals surface area contributed by atoms with Crippen molar-refractivity contribution in [2.24, 2.45) is 5.92 Å². The second kappa shape index (κ2) is 8.56. The lowest BCUT2D eigenvalue weighted by Gasteiger charge is -2.16. The zero-order chi connectivity index (χ0) is 20.1. The Balaban J connectivity index is 1.60. The first-order chi connectivity index (χ1) is 13.3. The lowest BCUT2D eigenvalue weighted by Crippen LogP contribution is -2.30. The first-order valence-corrected chi connectivity index (χ1v) is 11.0. The molecule has 1 N–H and O–H groups in total. The topological polar surface area (TPSA) is 89.5 Å².